The van der Waals surface area contributed by atoms with Crippen molar-refractivity contribution in [3.05, 3.63) is 11.3 Å². The zero-order chi connectivity index (χ0) is 12.2. The van der Waals surface area contributed by atoms with Gasteiger partial charge in [0.15, 0.2) is 5.03 Å². The highest BCUT2D eigenvalue weighted by Crippen LogP contribution is 2.17. The second-order valence-electron chi connectivity index (χ2n) is 3.16. The van der Waals surface area contributed by atoms with E-state index in [9.17, 15) is 8.42 Å². The van der Waals surface area contributed by atoms with Crippen LogP contribution in [-0.2, 0) is 20.6 Å². The number of H-pyrrole nitrogens is 1. The molecule has 2 N–H and O–H groups in total. The summed E-state index contributed by atoms with van der Waals surface area (Å²) in [6.45, 7) is 2.23. The molecule has 1 heterocycles. The summed E-state index contributed by atoms with van der Waals surface area (Å²) in [5.74, 6) is 0.100. The average Bonchev–Trinajstić information content (AvgIpc) is 2.60. The summed E-state index contributed by atoms with van der Waals surface area (Å²) in [4.78, 5) is 0. The molecule has 1 rings (SSSR count). The fourth-order valence-corrected chi connectivity index (χ4v) is 2.77. The minimum Gasteiger partial charge on any atom is -0.383 e. The highest BCUT2D eigenvalue weighted by atomic mass is 35.5. The van der Waals surface area contributed by atoms with Gasteiger partial charge < -0.3 is 4.74 Å². The summed E-state index contributed by atoms with van der Waals surface area (Å²) in [5, 5.41) is 6.29. The van der Waals surface area contributed by atoms with Crippen LogP contribution in [0.1, 0.15) is 11.3 Å². The quantitative estimate of drug-likeness (QED) is 0.577. The molecule has 6 nitrogen and oxygen atoms in total. The van der Waals surface area contributed by atoms with Crippen molar-refractivity contribution in [3.8, 4) is 0 Å². The third-order valence-electron chi connectivity index (χ3n) is 2.02. The van der Waals surface area contributed by atoms with E-state index in [1.165, 1.54) is 7.11 Å². The molecule has 1 aromatic rings. The van der Waals surface area contributed by atoms with Crippen LogP contribution in [0.25, 0.3) is 0 Å². The number of hydrogen-bond donors (Lipinski definition) is 2. The van der Waals surface area contributed by atoms with E-state index in [0.717, 1.165) is 0 Å². The lowest BCUT2D eigenvalue weighted by Crippen LogP contribution is -2.28. The van der Waals surface area contributed by atoms with Crippen LogP contribution in [0, 0.1) is 6.92 Å². The van der Waals surface area contributed by atoms with Crippen LogP contribution in [0.3, 0.4) is 0 Å². The van der Waals surface area contributed by atoms with Crippen LogP contribution in [0.4, 0.5) is 0 Å². The van der Waals surface area contributed by atoms with E-state index in [1.54, 1.807) is 6.92 Å². The third-order valence-corrected chi connectivity index (χ3v) is 3.72. The summed E-state index contributed by atoms with van der Waals surface area (Å²) in [7, 11) is -2.11. The first kappa shape index (κ1) is 13.4. The Morgan fingerprint density at radius 1 is 1.56 bits per heavy atom. The van der Waals surface area contributed by atoms with Gasteiger partial charge in [-0.2, -0.15) is 5.10 Å². The van der Waals surface area contributed by atoms with Crippen molar-refractivity contribution in [1.29, 1.82) is 0 Å². The number of alkyl halides is 1. The number of rotatable bonds is 6. The molecule has 0 amide bonds. The van der Waals surface area contributed by atoms with Gasteiger partial charge in [-0.05, 0) is 6.92 Å². The first-order valence-electron chi connectivity index (χ1n) is 4.61. The molecule has 0 bridgehead atoms. The number of ether oxygens (including phenoxy) is 1. The number of nitrogens with one attached hydrogen (secondary N) is 2. The van der Waals surface area contributed by atoms with Crippen LogP contribution in [-0.4, -0.2) is 38.9 Å². The van der Waals surface area contributed by atoms with Crippen molar-refractivity contribution in [3.63, 3.8) is 0 Å². The van der Waals surface area contributed by atoms with Gasteiger partial charge in [-0.3, -0.25) is 5.10 Å². The summed E-state index contributed by atoms with van der Waals surface area (Å²) < 4.78 is 30.7. The lowest BCUT2D eigenvalue weighted by molar-refractivity contribution is 0.204. The largest absolute Gasteiger partial charge is 0.383 e. The summed E-state index contributed by atoms with van der Waals surface area (Å²) in [6, 6.07) is 0. The molecule has 0 atom stereocenters. The topological polar surface area (TPSA) is 84.1 Å². The van der Waals surface area contributed by atoms with Gasteiger partial charge >= 0.3 is 0 Å². The normalized spacial score (nSPS) is 11.9. The monoisotopic (exact) mass is 267 g/mol. The minimum absolute atomic E-state index is 0.0453. The van der Waals surface area contributed by atoms with E-state index in [1.807, 2.05) is 0 Å². The number of nitrogens with zero attached hydrogens (tertiary/aromatic N) is 1. The Kier molecular flexibility index (Phi) is 4.72. The summed E-state index contributed by atoms with van der Waals surface area (Å²) in [6.07, 6.45) is 0. The molecule has 8 heteroatoms. The van der Waals surface area contributed by atoms with Crippen LogP contribution in [0.5, 0.6) is 0 Å². The molecule has 92 valence electrons. The van der Waals surface area contributed by atoms with Gasteiger partial charge in [0.05, 0.1) is 12.5 Å². The molecule has 0 radical (unpaired) electrons. The number of methoxy groups -OCH3 is 1. The van der Waals surface area contributed by atoms with Gasteiger partial charge in [0, 0.05) is 24.9 Å². The molecule has 0 fully saturated rings. The maximum absolute atomic E-state index is 11.8. The molecule has 0 aliphatic carbocycles. The summed E-state index contributed by atoms with van der Waals surface area (Å²) in [5.41, 5.74) is 1.15. The van der Waals surface area contributed by atoms with Gasteiger partial charge in [-0.25, -0.2) is 13.1 Å². The number of aromatic nitrogens is 2. The third kappa shape index (κ3) is 2.94. The Labute approximate surface area is 99.4 Å². The molecule has 0 aromatic carbocycles. The maximum Gasteiger partial charge on any atom is 0.260 e. The average molecular weight is 268 g/mol. The predicted octanol–water partition coefficient (Wildman–Crippen LogP) is 0.382. The first-order chi connectivity index (χ1) is 7.53. The molecular formula is C8H14ClN3O3S. The van der Waals surface area contributed by atoms with E-state index in [2.05, 4.69) is 14.9 Å². The second kappa shape index (κ2) is 5.62. The summed E-state index contributed by atoms with van der Waals surface area (Å²) >= 11 is 5.67. The van der Waals surface area contributed by atoms with Crippen LogP contribution < -0.4 is 4.72 Å². The standard InChI is InChI=1S/C8H14ClN3O3S/c1-6-7(5-9)8(12-11-6)16(13,14)10-3-4-15-2/h10H,3-5H2,1-2H3,(H,11,12). The minimum atomic E-state index is -3.61. The zero-order valence-corrected chi connectivity index (χ0v) is 10.7. The number of aryl methyl sites for hydroxylation is 1. The highest BCUT2D eigenvalue weighted by Gasteiger charge is 2.22. The Bertz CT molecular complexity index is 443. The van der Waals surface area contributed by atoms with Crippen molar-refractivity contribution in [2.24, 2.45) is 0 Å². The van der Waals surface area contributed by atoms with Gasteiger partial charge in [0.25, 0.3) is 10.0 Å². The van der Waals surface area contributed by atoms with E-state index >= 15 is 0 Å². The molecule has 16 heavy (non-hydrogen) atoms. The Morgan fingerprint density at radius 3 is 2.81 bits per heavy atom. The number of aromatic amines is 1. The fourth-order valence-electron chi connectivity index (χ4n) is 1.16. The van der Waals surface area contributed by atoms with Gasteiger partial charge in [0.2, 0.25) is 0 Å². The zero-order valence-electron chi connectivity index (χ0n) is 9.08. The van der Waals surface area contributed by atoms with E-state index in [4.69, 9.17) is 16.3 Å². The highest BCUT2D eigenvalue weighted by molar-refractivity contribution is 7.89. The van der Waals surface area contributed by atoms with Crippen molar-refractivity contribution in [1.82, 2.24) is 14.9 Å². The van der Waals surface area contributed by atoms with Gasteiger partial charge in [0.1, 0.15) is 0 Å². The van der Waals surface area contributed by atoms with Gasteiger partial charge in [-0.15, -0.1) is 11.6 Å². The molecule has 0 aliphatic rings. The molecule has 0 unspecified atom stereocenters. The molecule has 0 saturated carbocycles. The number of halogens is 1. The smallest absolute Gasteiger partial charge is 0.260 e. The van der Waals surface area contributed by atoms with Gasteiger partial charge in [-0.1, -0.05) is 0 Å². The Morgan fingerprint density at radius 2 is 2.25 bits per heavy atom. The van der Waals surface area contributed by atoms with Crippen molar-refractivity contribution >= 4 is 21.6 Å². The van der Waals surface area contributed by atoms with Crippen molar-refractivity contribution in [2.75, 3.05) is 20.3 Å². The van der Waals surface area contributed by atoms with E-state index in [-0.39, 0.29) is 17.5 Å². The molecule has 1 aromatic heterocycles. The molecular weight excluding hydrogens is 254 g/mol. The van der Waals surface area contributed by atoms with E-state index in [0.29, 0.717) is 17.9 Å². The lowest BCUT2D eigenvalue weighted by Gasteiger charge is -2.04. The first-order valence-corrected chi connectivity index (χ1v) is 6.63. The van der Waals surface area contributed by atoms with E-state index < -0.39 is 10.0 Å². The van der Waals surface area contributed by atoms with Crippen LogP contribution in [0.2, 0.25) is 0 Å². The Balaban J connectivity index is 2.89. The number of hydrogen-bond acceptors (Lipinski definition) is 4. The Hall–Kier alpha value is -0.630. The fraction of sp³-hybridized carbons (Fsp3) is 0.625. The van der Waals surface area contributed by atoms with Crippen LogP contribution >= 0.6 is 11.6 Å². The number of sulfonamides is 1. The van der Waals surface area contributed by atoms with Crippen molar-refractivity contribution in [2.45, 2.75) is 17.8 Å². The second-order valence-corrected chi connectivity index (χ2v) is 5.11. The predicted molar refractivity (Wildman–Crippen MR) is 59.9 cm³/mol. The SMILES string of the molecule is COCCNS(=O)(=O)c1n[nH]c(C)c1CCl. The molecule has 0 spiro atoms. The lowest BCUT2D eigenvalue weighted by atomic mass is 10.3. The van der Waals surface area contributed by atoms with Crippen LogP contribution in [0.15, 0.2) is 5.03 Å². The molecule has 0 aliphatic heterocycles. The molecule has 0 saturated heterocycles. The maximum atomic E-state index is 11.8. The van der Waals surface area contributed by atoms with Crippen molar-refractivity contribution < 1.29 is 13.2 Å².